The van der Waals surface area contributed by atoms with Crippen LogP contribution < -0.4 is 5.73 Å². The van der Waals surface area contributed by atoms with Crippen molar-refractivity contribution in [3.8, 4) is 0 Å². The van der Waals surface area contributed by atoms with Crippen LogP contribution in [0.2, 0.25) is 0 Å². The number of rotatable bonds is 3. The van der Waals surface area contributed by atoms with Gasteiger partial charge in [0.15, 0.2) is 0 Å². The molecule has 9 heteroatoms. The molecule has 3 rings (SSSR count). The van der Waals surface area contributed by atoms with E-state index in [1.54, 1.807) is 0 Å². The van der Waals surface area contributed by atoms with Gasteiger partial charge in [-0.2, -0.15) is 8.78 Å². The molecule has 3 atom stereocenters. The maximum atomic E-state index is 14.2. The van der Waals surface area contributed by atoms with Crippen molar-refractivity contribution in [1.82, 2.24) is 14.5 Å². The van der Waals surface area contributed by atoms with E-state index in [4.69, 9.17) is 15.6 Å². The monoisotopic (exact) mass is 300 g/mol. The number of nitrogen functional groups attached to an aromatic ring is 1. The van der Waals surface area contributed by atoms with Crippen LogP contribution in [-0.2, 0) is 4.74 Å². The Kier molecular flexibility index (Phi) is 3.27. The van der Waals surface area contributed by atoms with Gasteiger partial charge in [0.05, 0.1) is 11.5 Å². The van der Waals surface area contributed by atoms with Crippen LogP contribution in [0, 0.1) is 0 Å². The Balaban J connectivity index is 2.04. The number of fused-ring (bicyclic) bond motifs is 1. The van der Waals surface area contributed by atoms with E-state index in [2.05, 4.69) is 9.97 Å². The first-order chi connectivity index (χ1) is 9.96. The number of aliphatic hydroxyl groups is 2. The number of halogens is 2. The fourth-order valence-corrected chi connectivity index (χ4v) is 2.51. The number of alkyl halides is 2. The topological polar surface area (TPSA) is 106 Å². The SMILES string of the molecule is Nc1ncnc2c1ccn2[C@@H]1O[C@H](CCO)[C@@H](O)C1(F)F. The molecule has 1 aliphatic heterocycles. The third-order valence-corrected chi connectivity index (χ3v) is 3.59. The second-order valence-electron chi connectivity index (χ2n) is 4.88. The minimum absolute atomic E-state index is 0.0798. The number of hydrogen-bond acceptors (Lipinski definition) is 6. The lowest BCUT2D eigenvalue weighted by Gasteiger charge is -2.21. The van der Waals surface area contributed by atoms with Crippen LogP contribution in [0.25, 0.3) is 11.0 Å². The molecular formula is C12H14F2N4O3. The predicted molar refractivity (Wildman–Crippen MR) is 68.5 cm³/mol. The summed E-state index contributed by atoms with van der Waals surface area (Å²) in [4.78, 5) is 7.72. The standard InChI is InChI=1S/C12H14F2N4O3/c13-12(14)8(20)7(2-4-19)21-11(12)18-3-1-6-9(15)16-5-17-10(6)18/h1,3,5,7-8,11,19-20H,2,4H2,(H2,15,16,17)/t7-,8-,11-/m1/s1. The van der Waals surface area contributed by atoms with E-state index in [9.17, 15) is 13.9 Å². The number of aromatic nitrogens is 3. The molecule has 114 valence electrons. The Labute approximate surface area is 118 Å². The zero-order chi connectivity index (χ0) is 15.2. The first-order valence-electron chi connectivity index (χ1n) is 6.36. The summed E-state index contributed by atoms with van der Waals surface area (Å²) >= 11 is 0. The molecule has 0 aliphatic carbocycles. The van der Waals surface area contributed by atoms with E-state index >= 15 is 0 Å². The van der Waals surface area contributed by atoms with Crippen molar-refractivity contribution in [1.29, 1.82) is 0 Å². The summed E-state index contributed by atoms with van der Waals surface area (Å²) < 4.78 is 34.8. The maximum Gasteiger partial charge on any atom is 0.320 e. The maximum absolute atomic E-state index is 14.2. The summed E-state index contributed by atoms with van der Waals surface area (Å²) in [6.45, 7) is -0.355. The highest BCUT2D eigenvalue weighted by atomic mass is 19.3. The van der Waals surface area contributed by atoms with E-state index in [-0.39, 0.29) is 24.5 Å². The molecule has 3 heterocycles. The fraction of sp³-hybridized carbons (Fsp3) is 0.500. The van der Waals surface area contributed by atoms with E-state index in [1.165, 1.54) is 18.6 Å². The van der Waals surface area contributed by atoms with Crippen molar-refractivity contribution in [3.63, 3.8) is 0 Å². The van der Waals surface area contributed by atoms with Crippen molar-refractivity contribution >= 4 is 16.9 Å². The van der Waals surface area contributed by atoms with Gasteiger partial charge in [0.2, 0.25) is 6.23 Å². The highest BCUT2D eigenvalue weighted by molar-refractivity contribution is 5.86. The van der Waals surface area contributed by atoms with E-state index < -0.39 is 24.4 Å². The molecule has 0 amide bonds. The third-order valence-electron chi connectivity index (χ3n) is 3.59. The molecule has 21 heavy (non-hydrogen) atoms. The van der Waals surface area contributed by atoms with Crippen LogP contribution in [0.1, 0.15) is 12.6 Å². The molecule has 7 nitrogen and oxygen atoms in total. The summed E-state index contributed by atoms with van der Waals surface area (Å²) in [5, 5.41) is 19.0. The predicted octanol–water partition coefficient (Wildman–Crippen LogP) is 0.290. The van der Waals surface area contributed by atoms with Crippen LogP contribution in [-0.4, -0.2) is 49.5 Å². The molecule has 2 aromatic heterocycles. The van der Waals surface area contributed by atoms with Gasteiger partial charge in [-0.05, 0) is 12.5 Å². The quantitative estimate of drug-likeness (QED) is 0.752. The van der Waals surface area contributed by atoms with E-state index in [0.717, 1.165) is 4.57 Å². The van der Waals surface area contributed by atoms with Gasteiger partial charge in [0.25, 0.3) is 0 Å². The number of hydrogen-bond donors (Lipinski definition) is 3. The van der Waals surface area contributed by atoms with Gasteiger partial charge >= 0.3 is 5.92 Å². The summed E-state index contributed by atoms with van der Waals surface area (Å²) in [5.74, 6) is -3.33. The molecule has 1 fully saturated rings. The molecule has 4 N–H and O–H groups in total. The lowest BCUT2D eigenvalue weighted by atomic mass is 10.1. The van der Waals surface area contributed by atoms with Gasteiger partial charge in [0.1, 0.15) is 23.9 Å². The normalized spacial score (nSPS) is 28.3. The van der Waals surface area contributed by atoms with Crippen molar-refractivity contribution in [3.05, 3.63) is 18.6 Å². The van der Waals surface area contributed by atoms with Crippen molar-refractivity contribution < 1.29 is 23.7 Å². The highest BCUT2D eigenvalue weighted by Gasteiger charge is 2.59. The summed E-state index contributed by atoms with van der Waals surface area (Å²) in [5.41, 5.74) is 5.86. The number of ether oxygens (including phenoxy) is 1. The van der Waals surface area contributed by atoms with Crippen LogP contribution in [0.5, 0.6) is 0 Å². The molecule has 0 bridgehead atoms. The highest BCUT2D eigenvalue weighted by Crippen LogP contribution is 2.44. The number of nitrogens with zero attached hydrogens (tertiary/aromatic N) is 3. The van der Waals surface area contributed by atoms with Crippen LogP contribution >= 0.6 is 0 Å². The average Bonchev–Trinajstić information content (AvgIpc) is 2.95. The number of aliphatic hydroxyl groups excluding tert-OH is 2. The summed E-state index contributed by atoms with van der Waals surface area (Å²) in [6.07, 6.45) is -2.40. The summed E-state index contributed by atoms with van der Waals surface area (Å²) in [7, 11) is 0. The van der Waals surface area contributed by atoms with Crippen LogP contribution in [0.15, 0.2) is 18.6 Å². The minimum Gasteiger partial charge on any atom is -0.396 e. The molecule has 0 radical (unpaired) electrons. The van der Waals surface area contributed by atoms with Crippen LogP contribution in [0.3, 0.4) is 0 Å². The largest absolute Gasteiger partial charge is 0.396 e. The first kappa shape index (κ1) is 14.1. The molecule has 0 aromatic carbocycles. The molecule has 1 saturated heterocycles. The zero-order valence-electron chi connectivity index (χ0n) is 10.9. The Morgan fingerprint density at radius 3 is 2.90 bits per heavy atom. The average molecular weight is 300 g/mol. The Hall–Kier alpha value is -1.84. The Morgan fingerprint density at radius 1 is 1.43 bits per heavy atom. The zero-order valence-corrected chi connectivity index (χ0v) is 10.9. The lowest BCUT2D eigenvalue weighted by Crippen LogP contribution is -2.38. The lowest BCUT2D eigenvalue weighted by molar-refractivity contribution is -0.137. The molecule has 1 aliphatic rings. The molecule has 2 aromatic rings. The van der Waals surface area contributed by atoms with Gasteiger partial charge in [-0.25, -0.2) is 9.97 Å². The van der Waals surface area contributed by atoms with Gasteiger partial charge in [-0.1, -0.05) is 0 Å². The van der Waals surface area contributed by atoms with Gasteiger partial charge in [-0.3, -0.25) is 0 Å². The first-order valence-corrected chi connectivity index (χ1v) is 6.36. The Bertz CT molecular complexity index is 663. The summed E-state index contributed by atoms with van der Waals surface area (Å²) in [6, 6.07) is 1.51. The molecule has 0 unspecified atom stereocenters. The number of nitrogens with two attached hydrogens (primary N) is 1. The smallest absolute Gasteiger partial charge is 0.320 e. The molecular weight excluding hydrogens is 286 g/mol. The van der Waals surface area contributed by atoms with Gasteiger partial charge in [-0.15, -0.1) is 0 Å². The minimum atomic E-state index is -3.51. The van der Waals surface area contributed by atoms with Crippen molar-refractivity contribution in [2.24, 2.45) is 0 Å². The Morgan fingerprint density at radius 2 is 2.19 bits per heavy atom. The third kappa shape index (κ3) is 2.04. The van der Waals surface area contributed by atoms with E-state index in [0.29, 0.717) is 5.39 Å². The second kappa shape index (κ2) is 4.86. The van der Waals surface area contributed by atoms with Crippen LogP contribution in [0.4, 0.5) is 14.6 Å². The van der Waals surface area contributed by atoms with Gasteiger partial charge < -0.3 is 25.3 Å². The number of anilines is 1. The second-order valence-corrected chi connectivity index (χ2v) is 4.88. The van der Waals surface area contributed by atoms with Gasteiger partial charge in [0, 0.05) is 12.8 Å². The fourth-order valence-electron chi connectivity index (χ4n) is 2.51. The molecule has 0 saturated carbocycles. The van der Waals surface area contributed by atoms with E-state index in [1.807, 2.05) is 0 Å². The van der Waals surface area contributed by atoms with Crippen molar-refractivity contribution in [2.45, 2.75) is 30.8 Å². The molecule has 0 spiro atoms. The van der Waals surface area contributed by atoms with Crippen molar-refractivity contribution in [2.75, 3.05) is 12.3 Å².